The third-order valence-electron chi connectivity index (χ3n) is 6.06. The number of rotatable bonds is 7. The molecule has 10 heteroatoms. The highest BCUT2D eigenvalue weighted by Gasteiger charge is 2.35. The van der Waals surface area contributed by atoms with Gasteiger partial charge < -0.3 is 25.9 Å². The van der Waals surface area contributed by atoms with Crippen molar-refractivity contribution < 1.29 is 13.9 Å². The summed E-state index contributed by atoms with van der Waals surface area (Å²) in [5, 5.41) is 0.0332. The van der Waals surface area contributed by atoms with Crippen molar-refractivity contribution in [3.8, 4) is 5.75 Å². The van der Waals surface area contributed by atoms with Gasteiger partial charge in [0.2, 0.25) is 0 Å². The normalized spacial score (nSPS) is 20.1. The average Bonchev–Trinajstić information content (AvgIpc) is 3.45. The topological polar surface area (TPSA) is 118 Å². The number of benzene rings is 1. The molecule has 2 aromatic rings. The number of aromatic nitrogens is 2. The Morgan fingerprint density at radius 1 is 1.30 bits per heavy atom. The minimum absolute atomic E-state index is 0.0332. The fourth-order valence-corrected chi connectivity index (χ4v) is 4.33. The highest BCUT2D eigenvalue weighted by atomic mass is 19.1. The number of anilines is 1. The third kappa shape index (κ3) is 3.33. The maximum Gasteiger partial charge on any atom is 0.350 e. The van der Waals surface area contributed by atoms with Gasteiger partial charge in [-0.2, -0.15) is 4.68 Å². The first-order chi connectivity index (χ1) is 14.4. The summed E-state index contributed by atoms with van der Waals surface area (Å²) in [4.78, 5) is 27.2. The SMILES string of the molecule is CCOC[C@@H](N)[C@@H]1CCN(c2c(F)cc3c(=O)n(N)c(=O)n(C4CC4)c3c2OC)C1. The number of methoxy groups -OCH3 is 1. The summed E-state index contributed by atoms with van der Waals surface area (Å²) in [6.07, 6.45) is 2.37. The molecule has 30 heavy (non-hydrogen) atoms. The van der Waals surface area contributed by atoms with Crippen LogP contribution < -0.4 is 32.5 Å². The molecule has 164 valence electrons. The van der Waals surface area contributed by atoms with Gasteiger partial charge >= 0.3 is 5.69 Å². The number of nitrogens with zero attached hydrogens (tertiary/aromatic N) is 3. The summed E-state index contributed by atoms with van der Waals surface area (Å²) in [5.41, 5.74) is 5.44. The molecular formula is C20H28FN5O4. The Hall–Kier alpha value is -2.59. The molecule has 1 saturated heterocycles. The van der Waals surface area contributed by atoms with Gasteiger partial charge in [0.1, 0.15) is 11.2 Å². The molecule has 2 fully saturated rings. The summed E-state index contributed by atoms with van der Waals surface area (Å²) in [5.74, 6) is 5.42. The Morgan fingerprint density at radius 3 is 2.67 bits per heavy atom. The van der Waals surface area contributed by atoms with Crippen LogP contribution in [0, 0.1) is 11.7 Å². The van der Waals surface area contributed by atoms with Crippen molar-refractivity contribution in [2.45, 2.75) is 38.3 Å². The van der Waals surface area contributed by atoms with Crippen molar-refractivity contribution >= 4 is 16.6 Å². The maximum atomic E-state index is 15.3. The van der Waals surface area contributed by atoms with Crippen LogP contribution in [0.1, 0.15) is 32.2 Å². The fourth-order valence-electron chi connectivity index (χ4n) is 4.33. The molecule has 0 spiro atoms. The summed E-state index contributed by atoms with van der Waals surface area (Å²) in [7, 11) is 1.42. The molecule has 1 aromatic heterocycles. The van der Waals surface area contributed by atoms with E-state index in [2.05, 4.69) is 0 Å². The van der Waals surface area contributed by atoms with Gasteiger partial charge in [-0.1, -0.05) is 0 Å². The second kappa shape index (κ2) is 7.92. The summed E-state index contributed by atoms with van der Waals surface area (Å²) in [6, 6.07) is 0.928. The van der Waals surface area contributed by atoms with E-state index in [1.807, 2.05) is 11.8 Å². The van der Waals surface area contributed by atoms with Gasteiger partial charge in [0.25, 0.3) is 5.56 Å². The second-order valence-electron chi connectivity index (χ2n) is 8.01. The smallest absolute Gasteiger partial charge is 0.350 e. The standard InChI is InChI=1S/C20H28FN5O4/c1-3-30-10-15(22)11-6-7-24(9-11)17-14(21)8-13-16(18(17)29-2)25(12-4-5-12)20(28)26(23)19(13)27/h8,11-12,15H,3-7,9-10,22-23H2,1-2H3/t11-,15-/m1/s1. The molecule has 2 aliphatic rings. The number of hydrogen-bond donors (Lipinski definition) is 2. The summed E-state index contributed by atoms with van der Waals surface area (Å²) in [6.45, 7) is 4.08. The number of nitrogen functional groups attached to an aromatic ring is 1. The van der Waals surface area contributed by atoms with Crippen molar-refractivity contribution in [3.63, 3.8) is 0 Å². The van der Waals surface area contributed by atoms with Gasteiger partial charge in [0.05, 0.1) is 19.1 Å². The molecule has 1 aliphatic carbocycles. The Bertz CT molecular complexity index is 1080. The number of hydrogen-bond acceptors (Lipinski definition) is 7. The van der Waals surface area contributed by atoms with E-state index in [-0.39, 0.29) is 34.8 Å². The van der Waals surface area contributed by atoms with Crippen LogP contribution in [0.25, 0.3) is 10.9 Å². The van der Waals surface area contributed by atoms with E-state index >= 15 is 4.39 Å². The summed E-state index contributed by atoms with van der Waals surface area (Å²) >= 11 is 0. The van der Waals surface area contributed by atoms with Crippen LogP contribution in [0.5, 0.6) is 5.75 Å². The van der Waals surface area contributed by atoms with Gasteiger partial charge in [-0.25, -0.2) is 9.18 Å². The lowest BCUT2D eigenvalue weighted by atomic mass is 10.0. The number of halogens is 1. The van der Waals surface area contributed by atoms with E-state index in [1.165, 1.54) is 11.7 Å². The lowest BCUT2D eigenvalue weighted by molar-refractivity contribution is 0.119. The first kappa shape index (κ1) is 20.7. The maximum absolute atomic E-state index is 15.3. The molecule has 0 amide bonds. The Morgan fingerprint density at radius 2 is 2.03 bits per heavy atom. The zero-order valence-corrected chi connectivity index (χ0v) is 17.3. The van der Waals surface area contributed by atoms with Gasteiger partial charge in [-0.05, 0) is 38.2 Å². The molecule has 4 N–H and O–H groups in total. The van der Waals surface area contributed by atoms with E-state index in [4.69, 9.17) is 21.1 Å². The van der Waals surface area contributed by atoms with Crippen LogP contribution in [-0.2, 0) is 4.74 Å². The van der Waals surface area contributed by atoms with Gasteiger partial charge in [-0.3, -0.25) is 9.36 Å². The lowest BCUT2D eigenvalue weighted by Crippen LogP contribution is -2.44. The quantitative estimate of drug-likeness (QED) is 0.627. The molecule has 2 heterocycles. The van der Waals surface area contributed by atoms with Crippen molar-refractivity contribution in [3.05, 3.63) is 32.7 Å². The predicted molar refractivity (Wildman–Crippen MR) is 112 cm³/mol. The van der Waals surface area contributed by atoms with Crippen LogP contribution in [0.4, 0.5) is 10.1 Å². The third-order valence-corrected chi connectivity index (χ3v) is 6.06. The minimum atomic E-state index is -0.742. The number of nitrogens with two attached hydrogens (primary N) is 2. The average molecular weight is 421 g/mol. The highest BCUT2D eigenvalue weighted by Crippen LogP contribution is 2.43. The molecule has 0 radical (unpaired) electrons. The Kier molecular flexibility index (Phi) is 5.46. The van der Waals surface area contributed by atoms with Crippen LogP contribution in [0.15, 0.2) is 15.7 Å². The zero-order chi connectivity index (χ0) is 21.6. The van der Waals surface area contributed by atoms with Gasteiger partial charge in [0, 0.05) is 31.8 Å². The largest absolute Gasteiger partial charge is 0.492 e. The monoisotopic (exact) mass is 421 g/mol. The number of fused-ring (bicyclic) bond motifs is 1. The first-order valence-electron chi connectivity index (χ1n) is 10.3. The predicted octanol–water partition coefficient (Wildman–Crippen LogP) is 0.550. The van der Waals surface area contributed by atoms with Crippen molar-refractivity contribution in [1.82, 2.24) is 9.24 Å². The van der Waals surface area contributed by atoms with Crippen LogP contribution >= 0.6 is 0 Å². The lowest BCUT2D eigenvalue weighted by Gasteiger charge is -2.25. The van der Waals surface area contributed by atoms with E-state index in [0.717, 1.165) is 25.3 Å². The summed E-state index contributed by atoms with van der Waals surface area (Å²) < 4.78 is 28.3. The van der Waals surface area contributed by atoms with Crippen molar-refractivity contribution in [2.75, 3.05) is 44.2 Å². The zero-order valence-electron chi connectivity index (χ0n) is 17.3. The van der Waals surface area contributed by atoms with Crippen molar-refractivity contribution in [2.24, 2.45) is 11.7 Å². The van der Waals surface area contributed by atoms with E-state index in [1.54, 1.807) is 0 Å². The molecule has 0 bridgehead atoms. The molecule has 0 unspecified atom stereocenters. The molecule has 1 saturated carbocycles. The van der Waals surface area contributed by atoms with Crippen LogP contribution in [0.2, 0.25) is 0 Å². The second-order valence-corrected chi connectivity index (χ2v) is 8.01. The number of ether oxygens (including phenoxy) is 2. The molecule has 1 aromatic carbocycles. The van der Waals surface area contributed by atoms with E-state index in [0.29, 0.717) is 36.5 Å². The highest BCUT2D eigenvalue weighted by molar-refractivity contribution is 5.91. The van der Waals surface area contributed by atoms with Crippen LogP contribution in [0.3, 0.4) is 0 Å². The van der Waals surface area contributed by atoms with Crippen molar-refractivity contribution in [1.29, 1.82) is 0 Å². The van der Waals surface area contributed by atoms with E-state index < -0.39 is 17.1 Å². The molecule has 2 atom stereocenters. The molecule has 1 aliphatic heterocycles. The minimum Gasteiger partial charge on any atom is -0.492 e. The Balaban J connectivity index is 1.83. The molecule has 4 rings (SSSR count). The molecule has 9 nitrogen and oxygen atoms in total. The van der Waals surface area contributed by atoms with Gasteiger partial charge in [-0.15, -0.1) is 0 Å². The van der Waals surface area contributed by atoms with Gasteiger partial charge in [0.15, 0.2) is 11.6 Å². The van der Waals surface area contributed by atoms with Crippen LogP contribution in [-0.4, -0.2) is 48.7 Å². The Labute approximate surface area is 172 Å². The molecular weight excluding hydrogens is 393 g/mol. The fraction of sp³-hybridized carbons (Fsp3) is 0.600. The van der Waals surface area contributed by atoms with E-state index in [9.17, 15) is 9.59 Å². The first-order valence-corrected chi connectivity index (χ1v) is 10.3.